The maximum absolute atomic E-state index is 2.28. The first-order valence-electron chi connectivity index (χ1n) is 18.4. The molecule has 1 fully saturated rings. The van der Waals surface area contributed by atoms with Crippen molar-refractivity contribution in [1.29, 1.82) is 0 Å². The van der Waals surface area contributed by atoms with Crippen LogP contribution >= 0.6 is 0 Å². The number of fused-ring (bicyclic) bond motifs is 2. The van der Waals surface area contributed by atoms with Crippen molar-refractivity contribution in [2.75, 3.05) is 0 Å². The molecule has 6 aromatic rings. The Balaban J connectivity index is 0.000000154. The molecule has 0 saturated heterocycles. The fourth-order valence-electron chi connectivity index (χ4n) is 7.16. The molecule has 0 spiro atoms. The molecule has 1 aliphatic rings. The summed E-state index contributed by atoms with van der Waals surface area (Å²) in [6, 6.07) is 41.8. The van der Waals surface area contributed by atoms with Crippen LogP contribution in [-0.2, 0) is 34.2 Å². The SMILES string of the molecule is Cc1cc2c(-c3ccc(C(C)(C)C)cc3)cccc2[cH-]1.Cc1cc2c(-c3ccc(C(C)(C)C)cc3)cccc2[cH-]1.[Zr+2]=[SiH]CC1CCCCC1. The summed E-state index contributed by atoms with van der Waals surface area (Å²) < 4.78 is 0. The summed E-state index contributed by atoms with van der Waals surface area (Å²) in [5, 5.41) is 5.38. The summed E-state index contributed by atoms with van der Waals surface area (Å²) in [6.45, 7) is 17.8. The second-order valence-electron chi connectivity index (χ2n) is 16.3. The molecule has 1 aliphatic carbocycles. The molecule has 7 rings (SSSR count). The molecule has 0 atom stereocenters. The summed E-state index contributed by atoms with van der Waals surface area (Å²) in [5.41, 5.74) is 11.1. The summed E-state index contributed by atoms with van der Waals surface area (Å²) in [6.07, 6.45) is 8.56. The maximum atomic E-state index is 2.28. The van der Waals surface area contributed by atoms with Crippen LogP contribution in [0.2, 0.25) is 6.04 Å². The van der Waals surface area contributed by atoms with E-state index in [1.165, 1.54) is 85.3 Å². The zero-order valence-corrected chi connectivity index (χ0v) is 34.9. The van der Waals surface area contributed by atoms with Gasteiger partial charge in [-0.05, 0) is 33.1 Å². The number of hydrogen-bond acceptors (Lipinski definition) is 0. The van der Waals surface area contributed by atoms with Crippen LogP contribution in [0.15, 0.2) is 109 Å². The van der Waals surface area contributed by atoms with Crippen molar-refractivity contribution in [3.63, 3.8) is 0 Å². The van der Waals surface area contributed by atoms with Crippen LogP contribution in [0.1, 0.15) is 95.9 Å². The molecule has 0 unspecified atom stereocenters. The van der Waals surface area contributed by atoms with E-state index in [0.29, 0.717) is 0 Å². The second kappa shape index (κ2) is 16.5. The minimum absolute atomic E-state index is 0.210. The van der Waals surface area contributed by atoms with E-state index in [1.54, 1.807) is 18.9 Å². The van der Waals surface area contributed by atoms with Crippen molar-refractivity contribution < 1.29 is 23.3 Å². The van der Waals surface area contributed by atoms with Gasteiger partial charge >= 0.3 is 73.6 Å². The van der Waals surface area contributed by atoms with Crippen LogP contribution in [0.4, 0.5) is 0 Å². The van der Waals surface area contributed by atoms with Crippen LogP contribution < -0.4 is 0 Å². The number of rotatable bonds is 4. The van der Waals surface area contributed by atoms with Gasteiger partial charge in [0.1, 0.15) is 0 Å². The first-order chi connectivity index (χ1) is 23.3. The fourth-order valence-corrected chi connectivity index (χ4v) is 10.4. The Labute approximate surface area is 313 Å². The molecule has 0 heterocycles. The van der Waals surface area contributed by atoms with E-state index in [0.717, 1.165) is 12.1 Å². The normalized spacial score (nSPS) is 13.8. The third-order valence-corrected chi connectivity index (χ3v) is 12.7. The third-order valence-electron chi connectivity index (χ3n) is 10.1. The molecular formula is C47H56SiZr. The molecule has 0 aliphatic heterocycles. The van der Waals surface area contributed by atoms with Gasteiger partial charge in [-0.3, -0.25) is 0 Å². The van der Waals surface area contributed by atoms with Crippen molar-refractivity contribution in [3.8, 4) is 22.3 Å². The van der Waals surface area contributed by atoms with Gasteiger partial charge in [-0.1, -0.05) is 127 Å². The Kier molecular flexibility index (Phi) is 12.6. The van der Waals surface area contributed by atoms with Crippen LogP contribution in [0.3, 0.4) is 0 Å². The number of benzene rings is 4. The van der Waals surface area contributed by atoms with Gasteiger partial charge in [0.15, 0.2) is 0 Å². The van der Waals surface area contributed by atoms with Crippen LogP contribution in [0, 0.1) is 19.8 Å². The summed E-state index contributed by atoms with van der Waals surface area (Å²) in [7, 11) is 0. The monoisotopic (exact) mass is 738 g/mol. The molecule has 0 radical (unpaired) electrons. The Morgan fingerprint density at radius 2 is 1.00 bits per heavy atom. The van der Waals surface area contributed by atoms with Crippen molar-refractivity contribution in [3.05, 3.63) is 131 Å². The predicted octanol–water partition coefficient (Wildman–Crippen LogP) is 13.5. The van der Waals surface area contributed by atoms with Gasteiger partial charge in [-0.25, -0.2) is 0 Å². The molecule has 0 bridgehead atoms. The average Bonchev–Trinajstić information content (AvgIpc) is 3.66. The Bertz CT molecular complexity index is 1810. The van der Waals surface area contributed by atoms with E-state index in [1.807, 2.05) is 23.3 Å². The van der Waals surface area contributed by atoms with Crippen molar-refractivity contribution >= 4 is 27.7 Å². The number of hydrogen-bond donors (Lipinski definition) is 0. The Hall–Kier alpha value is -2.80. The van der Waals surface area contributed by atoms with E-state index in [2.05, 4.69) is 165 Å². The van der Waals surface area contributed by atoms with E-state index in [-0.39, 0.29) is 10.8 Å². The Morgan fingerprint density at radius 1 is 0.592 bits per heavy atom. The van der Waals surface area contributed by atoms with Gasteiger partial charge < -0.3 is 0 Å². The van der Waals surface area contributed by atoms with Crippen LogP contribution in [0.25, 0.3) is 43.8 Å². The minimum atomic E-state index is 0.210. The molecule has 2 heteroatoms. The van der Waals surface area contributed by atoms with Gasteiger partial charge in [-0.15, -0.1) is 69.1 Å². The summed E-state index contributed by atoms with van der Waals surface area (Å²) in [4.78, 5) is 0. The van der Waals surface area contributed by atoms with Crippen molar-refractivity contribution in [2.45, 2.75) is 104 Å². The van der Waals surface area contributed by atoms with Crippen LogP contribution in [-0.4, -0.2) is 6.16 Å². The summed E-state index contributed by atoms with van der Waals surface area (Å²) in [5.74, 6) is 1.16. The molecule has 252 valence electrons. The van der Waals surface area contributed by atoms with Gasteiger partial charge in [0.2, 0.25) is 0 Å². The fraction of sp³-hybridized carbons (Fsp3) is 0.362. The molecular weight excluding hydrogens is 684 g/mol. The van der Waals surface area contributed by atoms with Crippen molar-refractivity contribution in [1.82, 2.24) is 0 Å². The zero-order chi connectivity index (χ0) is 35.2. The topological polar surface area (TPSA) is 0 Å². The van der Waals surface area contributed by atoms with E-state index < -0.39 is 0 Å². The Morgan fingerprint density at radius 3 is 1.37 bits per heavy atom. The molecule has 0 nitrogen and oxygen atoms in total. The van der Waals surface area contributed by atoms with Gasteiger partial charge in [0.05, 0.1) is 0 Å². The predicted molar refractivity (Wildman–Crippen MR) is 215 cm³/mol. The van der Waals surface area contributed by atoms with Gasteiger partial charge in [-0.2, -0.15) is 12.1 Å². The van der Waals surface area contributed by atoms with E-state index in [9.17, 15) is 0 Å². The zero-order valence-electron chi connectivity index (χ0n) is 31.3. The average molecular weight is 740 g/mol. The molecule has 0 N–H and O–H groups in total. The first kappa shape index (κ1) is 37.5. The first-order valence-corrected chi connectivity index (χ1v) is 24.0. The van der Waals surface area contributed by atoms with Crippen molar-refractivity contribution in [2.24, 2.45) is 5.92 Å². The second-order valence-corrected chi connectivity index (χ2v) is 20.2. The van der Waals surface area contributed by atoms with Gasteiger partial charge in [0.25, 0.3) is 0 Å². The van der Waals surface area contributed by atoms with Crippen LogP contribution in [0.5, 0.6) is 0 Å². The standard InChI is InChI=1S/2C20H21.C7H14Si.Zr/c2*1-14-12-16-6-5-7-18(19(16)13-14)15-8-10-17(11-9-15)20(2,3)4;8-6-7-4-2-1-3-5-7;/h2*5-13H,1-4H3;7-8H,1-6H2;/q2*-1;;+2. The van der Waals surface area contributed by atoms with E-state index >= 15 is 0 Å². The molecule has 6 aromatic carbocycles. The molecule has 0 amide bonds. The van der Waals surface area contributed by atoms with E-state index in [4.69, 9.17) is 0 Å². The molecule has 0 aromatic heterocycles. The number of aryl methyl sites for hydroxylation is 2. The quantitative estimate of drug-likeness (QED) is 0.125. The third kappa shape index (κ3) is 9.92. The van der Waals surface area contributed by atoms with Gasteiger partial charge in [0, 0.05) is 0 Å². The summed E-state index contributed by atoms with van der Waals surface area (Å²) >= 11 is 1.81. The molecule has 1 saturated carbocycles. The molecule has 49 heavy (non-hydrogen) atoms.